The first-order valence-corrected chi connectivity index (χ1v) is 8.69. The summed E-state index contributed by atoms with van der Waals surface area (Å²) in [6.07, 6.45) is 2.39. The van der Waals surface area contributed by atoms with Crippen LogP contribution in [0.25, 0.3) is 22.2 Å². The fourth-order valence-electron chi connectivity index (χ4n) is 4.00. The van der Waals surface area contributed by atoms with Gasteiger partial charge in [-0.1, -0.05) is 36.4 Å². The van der Waals surface area contributed by atoms with E-state index in [2.05, 4.69) is 45.3 Å². The Morgan fingerprint density at radius 1 is 0.917 bits per heavy atom. The Balaban J connectivity index is 1.53. The van der Waals surface area contributed by atoms with Crippen molar-refractivity contribution in [1.82, 2.24) is 15.0 Å². The van der Waals surface area contributed by atoms with E-state index < -0.39 is 0 Å². The molecular formula is C19H20N4O. The zero-order chi connectivity index (χ0) is 15.9. The number of nitrogens with zero attached hydrogens (tertiary/aromatic N) is 4. The molecule has 0 unspecified atom stereocenters. The van der Waals surface area contributed by atoms with Gasteiger partial charge in [0.05, 0.1) is 0 Å². The molecule has 0 atom stereocenters. The van der Waals surface area contributed by atoms with Crippen LogP contribution in [-0.2, 0) is 0 Å². The van der Waals surface area contributed by atoms with E-state index in [1.807, 2.05) is 12.1 Å². The molecule has 24 heavy (non-hydrogen) atoms. The molecule has 0 spiro atoms. The van der Waals surface area contributed by atoms with E-state index >= 15 is 0 Å². The fourth-order valence-corrected chi connectivity index (χ4v) is 4.00. The minimum atomic E-state index is 0.543. The number of hydrogen-bond donors (Lipinski definition) is 0. The molecule has 5 heteroatoms. The van der Waals surface area contributed by atoms with Gasteiger partial charge in [0.2, 0.25) is 0 Å². The van der Waals surface area contributed by atoms with Gasteiger partial charge in [-0.2, -0.15) is 4.98 Å². The lowest BCUT2D eigenvalue weighted by atomic mass is 10.0. The summed E-state index contributed by atoms with van der Waals surface area (Å²) < 4.78 is 5.64. The summed E-state index contributed by atoms with van der Waals surface area (Å²) in [5.74, 6) is 1.35. The lowest BCUT2D eigenvalue weighted by Crippen LogP contribution is -2.38. The van der Waals surface area contributed by atoms with Gasteiger partial charge < -0.3 is 14.3 Å². The predicted molar refractivity (Wildman–Crippen MR) is 94.0 cm³/mol. The Kier molecular flexibility index (Phi) is 3.26. The first-order chi connectivity index (χ1) is 11.9. The number of anilines is 1. The second kappa shape index (κ2) is 5.60. The Bertz CT molecular complexity index is 861. The summed E-state index contributed by atoms with van der Waals surface area (Å²) in [6.45, 7) is 4.46. The van der Waals surface area contributed by atoms with Gasteiger partial charge in [-0.15, -0.1) is 0 Å². The van der Waals surface area contributed by atoms with E-state index in [1.165, 1.54) is 31.3 Å². The van der Waals surface area contributed by atoms with Gasteiger partial charge in [-0.05, 0) is 34.8 Å². The van der Waals surface area contributed by atoms with Gasteiger partial charge >= 0.3 is 0 Å². The van der Waals surface area contributed by atoms with Crippen LogP contribution in [0.1, 0.15) is 12.8 Å². The van der Waals surface area contributed by atoms with Crippen molar-refractivity contribution >= 4 is 16.7 Å². The number of fused-ring (bicyclic) bond motifs is 5. The highest BCUT2D eigenvalue weighted by Crippen LogP contribution is 2.30. The van der Waals surface area contributed by atoms with E-state index in [9.17, 15) is 0 Å². The van der Waals surface area contributed by atoms with E-state index in [0.29, 0.717) is 11.9 Å². The molecule has 3 fully saturated rings. The predicted octanol–water partition coefficient (Wildman–Crippen LogP) is 3.17. The van der Waals surface area contributed by atoms with Crippen LogP contribution < -0.4 is 4.90 Å². The summed E-state index contributed by atoms with van der Waals surface area (Å²) in [5, 5.41) is 6.64. The Labute approximate surface area is 140 Å². The van der Waals surface area contributed by atoms with Gasteiger partial charge in [0.1, 0.15) is 0 Å². The monoisotopic (exact) mass is 320 g/mol. The molecule has 3 aliphatic rings. The van der Waals surface area contributed by atoms with E-state index in [0.717, 1.165) is 30.0 Å². The van der Waals surface area contributed by atoms with E-state index in [4.69, 9.17) is 9.51 Å². The van der Waals surface area contributed by atoms with Gasteiger partial charge in [0.25, 0.3) is 11.8 Å². The zero-order valence-corrected chi connectivity index (χ0v) is 13.6. The molecule has 2 bridgehead atoms. The number of benzene rings is 2. The molecule has 0 radical (unpaired) electrons. The number of piperidine rings is 1. The molecule has 2 aromatic carbocycles. The Morgan fingerprint density at radius 3 is 2.67 bits per heavy atom. The number of aromatic nitrogens is 2. The third-order valence-corrected chi connectivity index (χ3v) is 5.35. The van der Waals surface area contributed by atoms with Crippen LogP contribution in [-0.4, -0.2) is 47.3 Å². The maximum Gasteiger partial charge on any atom is 0.266 e. The van der Waals surface area contributed by atoms with Crippen LogP contribution in [0.4, 0.5) is 5.95 Å². The standard InChI is InChI=1S/C19H20N4O/c1-2-6-16-14(4-1)5-3-7-17(16)18-20-19(21-24-18)23-13-12-22-10-8-15(23)9-11-22/h1-7,15H,8-13H2. The topological polar surface area (TPSA) is 45.4 Å². The van der Waals surface area contributed by atoms with Crippen LogP contribution in [0.3, 0.4) is 0 Å². The maximum absolute atomic E-state index is 5.64. The SMILES string of the molecule is c1ccc2c(-c3nc(N4CCN5CCC4CC5)no3)cccc2c1. The third kappa shape index (κ3) is 2.27. The van der Waals surface area contributed by atoms with Crippen molar-refractivity contribution in [3.63, 3.8) is 0 Å². The Hall–Kier alpha value is -2.40. The molecule has 3 saturated heterocycles. The van der Waals surface area contributed by atoms with Gasteiger partial charge in [-0.3, -0.25) is 0 Å². The molecule has 0 N–H and O–H groups in total. The van der Waals surface area contributed by atoms with Crippen LogP contribution >= 0.6 is 0 Å². The van der Waals surface area contributed by atoms with Crippen molar-refractivity contribution in [3.8, 4) is 11.5 Å². The zero-order valence-electron chi connectivity index (χ0n) is 13.6. The minimum Gasteiger partial charge on any atom is -0.334 e. The van der Waals surface area contributed by atoms with Gasteiger partial charge in [0.15, 0.2) is 0 Å². The van der Waals surface area contributed by atoms with Gasteiger partial charge in [-0.25, -0.2) is 0 Å². The Morgan fingerprint density at radius 2 is 1.75 bits per heavy atom. The van der Waals surface area contributed by atoms with Crippen molar-refractivity contribution in [1.29, 1.82) is 0 Å². The quantitative estimate of drug-likeness (QED) is 0.726. The highest BCUT2D eigenvalue weighted by molar-refractivity contribution is 5.94. The molecule has 4 heterocycles. The summed E-state index contributed by atoms with van der Waals surface area (Å²) in [6, 6.07) is 15.1. The van der Waals surface area contributed by atoms with Crippen molar-refractivity contribution in [2.75, 3.05) is 31.1 Å². The summed E-state index contributed by atoms with van der Waals surface area (Å²) in [7, 11) is 0. The molecule has 0 saturated carbocycles. The van der Waals surface area contributed by atoms with Crippen molar-refractivity contribution < 1.29 is 4.52 Å². The summed E-state index contributed by atoms with van der Waals surface area (Å²) in [5.41, 5.74) is 1.01. The largest absolute Gasteiger partial charge is 0.334 e. The fraction of sp³-hybridized carbons (Fsp3) is 0.368. The van der Waals surface area contributed by atoms with E-state index in [1.54, 1.807) is 0 Å². The molecule has 0 amide bonds. The highest BCUT2D eigenvalue weighted by Gasteiger charge is 2.31. The maximum atomic E-state index is 5.64. The summed E-state index contributed by atoms with van der Waals surface area (Å²) in [4.78, 5) is 9.61. The molecule has 3 aromatic rings. The molecule has 0 aliphatic carbocycles. The lowest BCUT2D eigenvalue weighted by Gasteiger charge is -2.30. The van der Waals surface area contributed by atoms with Crippen molar-refractivity contribution in [3.05, 3.63) is 42.5 Å². The molecule has 6 rings (SSSR count). The normalized spacial score (nSPS) is 23.6. The van der Waals surface area contributed by atoms with Crippen molar-refractivity contribution in [2.45, 2.75) is 18.9 Å². The average molecular weight is 320 g/mol. The second-order valence-electron chi connectivity index (χ2n) is 6.69. The highest BCUT2D eigenvalue weighted by atomic mass is 16.5. The first-order valence-electron chi connectivity index (χ1n) is 8.69. The number of hydrogen-bond acceptors (Lipinski definition) is 5. The minimum absolute atomic E-state index is 0.543. The lowest BCUT2D eigenvalue weighted by molar-refractivity contribution is 0.250. The summed E-state index contributed by atoms with van der Waals surface area (Å²) >= 11 is 0. The van der Waals surface area contributed by atoms with Crippen molar-refractivity contribution in [2.24, 2.45) is 0 Å². The molecule has 5 nitrogen and oxygen atoms in total. The van der Waals surface area contributed by atoms with Crippen LogP contribution in [0.2, 0.25) is 0 Å². The molecule has 122 valence electrons. The third-order valence-electron chi connectivity index (χ3n) is 5.35. The molecule has 1 aromatic heterocycles. The first kappa shape index (κ1) is 14.0. The van der Waals surface area contributed by atoms with E-state index in [-0.39, 0.29) is 0 Å². The van der Waals surface area contributed by atoms with Crippen LogP contribution in [0.15, 0.2) is 47.0 Å². The number of rotatable bonds is 2. The molecule has 3 aliphatic heterocycles. The average Bonchev–Trinajstić information content (AvgIpc) is 2.93. The van der Waals surface area contributed by atoms with Gasteiger partial charge in [0, 0.05) is 37.8 Å². The van der Waals surface area contributed by atoms with Crippen LogP contribution in [0, 0.1) is 0 Å². The van der Waals surface area contributed by atoms with Crippen LogP contribution in [0.5, 0.6) is 0 Å². The second-order valence-corrected chi connectivity index (χ2v) is 6.69. The smallest absolute Gasteiger partial charge is 0.266 e. The molecular weight excluding hydrogens is 300 g/mol.